The van der Waals surface area contributed by atoms with E-state index < -0.39 is 11.7 Å². The van der Waals surface area contributed by atoms with Crippen LogP contribution in [0.4, 0.5) is 19.0 Å². The minimum atomic E-state index is -4.43. The van der Waals surface area contributed by atoms with Crippen LogP contribution in [0.15, 0.2) is 18.3 Å². The van der Waals surface area contributed by atoms with Crippen LogP contribution in [0.3, 0.4) is 0 Å². The Morgan fingerprint density at radius 2 is 1.95 bits per heavy atom. The van der Waals surface area contributed by atoms with Gasteiger partial charge in [-0.25, -0.2) is 4.98 Å². The standard InChI is InChI=1S/C13H16F3N3O/c14-13(15,16)10-2-1-7-18-12(10)19-9-5-3-8(4-6-9)11(17)20/h1-2,7-9H,3-6H2,(H2,17,20)(H,18,19). The van der Waals surface area contributed by atoms with Crippen molar-refractivity contribution in [2.45, 2.75) is 37.9 Å². The molecular weight excluding hydrogens is 271 g/mol. The predicted octanol–water partition coefficient (Wildman–Crippen LogP) is 2.56. The van der Waals surface area contributed by atoms with Gasteiger partial charge in [0.15, 0.2) is 0 Å². The summed E-state index contributed by atoms with van der Waals surface area (Å²) in [6.45, 7) is 0. The lowest BCUT2D eigenvalue weighted by molar-refractivity contribution is -0.137. The van der Waals surface area contributed by atoms with E-state index in [-0.39, 0.29) is 23.7 Å². The van der Waals surface area contributed by atoms with Gasteiger partial charge in [0.2, 0.25) is 5.91 Å². The van der Waals surface area contributed by atoms with Gasteiger partial charge in [0.05, 0.1) is 5.56 Å². The van der Waals surface area contributed by atoms with Crippen molar-refractivity contribution in [1.82, 2.24) is 4.98 Å². The first-order chi connectivity index (χ1) is 9.38. The molecule has 0 radical (unpaired) electrons. The fourth-order valence-corrected chi connectivity index (χ4v) is 2.46. The molecule has 110 valence electrons. The highest BCUT2D eigenvalue weighted by Crippen LogP contribution is 2.35. The van der Waals surface area contributed by atoms with Crippen molar-refractivity contribution < 1.29 is 18.0 Å². The lowest BCUT2D eigenvalue weighted by Gasteiger charge is -2.28. The molecule has 1 fully saturated rings. The van der Waals surface area contributed by atoms with Gasteiger partial charge in [0.1, 0.15) is 5.82 Å². The first kappa shape index (κ1) is 14.6. The Balaban J connectivity index is 2.03. The number of hydrogen-bond acceptors (Lipinski definition) is 3. The first-order valence-corrected chi connectivity index (χ1v) is 6.46. The highest BCUT2D eigenvalue weighted by atomic mass is 19.4. The minimum Gasteiger partial charge on any atom is -0.369 e. The molecule has 2 rings (SSSR count). The van der Waals surface area contributed by atoms with E-state index in [9.17, 15) is 18.0 Å². The second-order valence-corrected chi connectivity index (χ2v) is 4.99. The molecule has 1 aliphatic carbocycles. The van der Waals surface area contributed by atoms with Crippen molar-refractivity contribution in [2.24, 2.45) is 11.7 Å². The normalized spacial score (nSPS) is 23.4. The van der Waals surface area contributed by atoms with Crippen LogP contribution in [-0.4, -0.2) is 16.9 Å². The second-order valence-electron chi connectivity index (χ2n) is 4.99. The number of nitrogens with zero attached hydrogens (tertiary/aromatic N) is 1. The number of nitrogens with two attached hydrogens (primary N) is 1. The fraction of sp³-hybridized carbons (Fsp3) is 0.538. The van der Waals surface area contributed by atoms with Gasteiger partial charge in [-0.1, -0.05) is 0 Å². The van der Waals surface area contributed by atoms with Crippen molar-refractivity contribution in [3.8, 4) is 0 Å². The number of amides is 1. The zero-order valence-corrected chi connectivity index (χ0v) is 10.8. The first-order valence-electron chi connectivity index (χ1n) is 6.46. The van der Waals surface area contributed by atoms with Gasteiger partial charge in [-0.05, 0) is 37.8 Å². The zero-order chi connectivity index (χ0) is 14.8. The molecule has 1 heterocycles. The number of carbonyl (C=O) groups is 1. The largest absolute Gasteiger partial charge is 0.419 e. The molecule has 1 aromatic heterocycles. The summed E-state index contributed by atoms with van der Waals surface area (Å²) in [7, 11) is 0. The number of halogens is 3. The van der Waals surface area contributed by atoms with Gasteiger partial charge in [-0.3, -0.25) is 4.79 Å². The van der Waals surface area contributed by atoms with E-state index in [0.717, 1.165) is 6.07 Å². The molecule has 4 nitrogen and oxygen atoms in total. The zero-order valence-electron chi connectivity index (χ0n) is 10.8. The van der Waals surface area contributed by atoms with Crippen LogP contribution in [-0.2, 0) is 11.0 Å². The highest BCUT2D eigenvalue weighted by molar-refractivity contribution is 5.76. The Hall–Kier alpha value is -1.79. The summed E-state index contributed by atoms with van der Waals surface area (Å²) in [5.74, 6) is -0.654. The molecule has 1 saturated carbocycles. The molecule has 0 atom stereocenters. The predicted molar refractivity (Wildman–Crippen MR) is 67.8 cm³/mol. The SMILES string of the molecule is NC(=O)C1CCC(Nc2ncccc2C(F)(F)F)CC1. The Morgan fingerprint density at radius 3 is 2.50 bits per heavy atom. The Labute approximate surface area is 114 Å². The average molecular weight is 287 g/mol. The third kappa shape index (κ3) is 3.40. The van der Waals surface area contributed by atoms with E-state index >= 15 is 0 Å². The van der Waals surface area contributed by atoms with E-state index in [1.807, 2.05) is 0 Å². The smallest absolute Gasteiger partial charge is 0.369 e. The summed E-state index contributed by atoms with van der Waals surface area (Å²) in [6, 6.07) is 2.16. The fourth-order valence-electron chi connectivity index (χ4n) is 2.46. The summed E-state index contributed by atoms with van der Waals surface area (Å²) < 4.78 is 38.5. The molecule has 0 saturated heterocycles. The van der Waals surface area contributed by atoms with Crippen LogP contribution in [0.2, 0.25) is 0 Å². The van der Waals surface area contributed by atoms with Gasteiger partial charge >= 0.3 is 6.18 Å². The third-order valence-corrected chi connectivity index (χ3v) is 3.58. The van der Waals surface area contributed by atoms with Crippen molar-refractivity contribution in [1.29, 1.82) is 0 Å². The summed E-state index contributed by atoms with van der Waals surface area (Å²) in [4.78, 5) is 14.8. The average Bonchev–Trinajstić information content (AvgIpc) is 2.38. The Kier molecular flexibility index (Phi) is 4.15. The molecule has 0 aliphatic heterocycles. The molecule has 0 unspecified atom stereocenters. The summed E-state index contributed by atoms with van der Waals surface area (Å²) >= 11 is 0. The molecule has 1 aromatic rings. The lowest BCUT2D eigenvalue weighted by Crippen LogP contribution is -2.33. The maximum atomic E-state index is 12.8. The van der Waals surface area contributed by atoms with Crippen LogP contribution in [0.5, 0.6) is 0 Å². The summed E-state index contributed by atoms with van der Waals surface area (Å²) in [6.07, 6.45) is -0.682. The number of hydrogen-bond donors (Lipinski definition) is 2. The maximum absolute atomic E-state index is 12.8. The lowest BCUT2D eigenvalue weighted by atomic mass is 9.85. The quantitative estimate of drug-likeness (QED) is 0.897. The number of rotatable bonds is 3. The molecule has 0 spiro atoms. The summed E-state index contributed by atoms with van der Waals surface area (Å²) in [5, 5.41) is 2.83. The van der Waals surface area contributed by atoms with E-state index in [0.29, 0.717) is 25.7 Å². The van der Waals surface area contributed by atoms with Crippen LogP contribution in [0.1, 0.15) is 31.2 Å². The van der Waals surface area contributed by atoms with E-state index in [1.54, 1.807) is 0 Å². The number of alkyl halides is 3. The number of aromatic nitrogens is 1. The summed E-state index contributed by atoms with van der Waals surface area (Å²) in [5.41, 5.74) is 4.46. The van der Waals surface area contributed by atoms with Crippen LogP contribution < -0.4 is 11.1 Å². The number of primary amides is 1. The Bertz CT molecular complexity index is 482. The minimum absolute atomic E-state index is 0.110. The topological polar surface area (TPSA) is 68.0 Å². The number of carbonyl (C=O) groups excluding carboxylic acids is 1. The van der Waals surface area contributed by atoms with Crippen molar-refractivity contribution in [3.05, 3.63) is 23.9 Å². The monoisotopic (exact) mass is 287 g/mol. The van der Waals surface area contributed by atoms with Gasteiger partial charge < -0.3 is 11.1 Å². The number of pyridine rings is 1. The molecule has 1 aliphatic rings. The van der Waals surface area contributed by atoms with Gasteiger partial charge in [-0.15, -0.1) is 0 Å². The molecule has 0 bridgehead atoms. The van der Waals surface area contributed by atoms with E-state index in [1.165, 1.54) is 12.3 Å². The molecule has 7 heteroatoms. The second kappa shape index (κ2) is 5.68. The van der Waals surface area contributed by atoms with E-state index in [4.69, 9.17) is 5.73 Å². The third-order valence-electron chi connectivity index (χ3n) is 3.58. The molecule has 20 heavy (non-hydrogen) atoms. The van der Waals surface area contributed by atoms with Gasteiger partial charge in [0, 0.05) is 18.2 Å². The molecule has 0 aromatic carbocycles. The van der Waals surface area contributed by atoms with Crippen molar-refractivity contribution in [3.63, 3.8) is 0 Å². The maximum Gasteiger partial charge on any atom is 0.419 e. The Morgan fingerprint density at radius 1 is 1.30 bits per heavy atom. The molecule has 3 N–H and O–H groups in total. The van der Waals surface area contributed by atoms with Gasteiger partial charge in [0.25, 0.3) is 0 Å². The van der Waals surface area contributed by atoms with Gasteiger partial charge in [-0.2, -0.15) is 13.2 Å². The van der Waals surface area contributed by atoms with Crippen molar-refractivity contribution in [2.75, 3.05) is 5.32 Å². The highest BCUT2D eigenvalue weighted by Gasteiger charge is 2.35. The van der Waals surface area contributed by atoms with E-state index in [2.05, 4.69) is 10.3 Å². The van der Waals surface area contributed by atoms with Crippen LogP contribution in [0, 0.1) is 5.92 Å². The molecular formula is C13H16F3N3O. The molecule has 1 amide bonds. The van der Waals surface area contributed by atoms with Crippen LogP contribution >= 0.6 is 0 Å². The number of anilines is 1. The van der Waals surface area contributed by atoms with Crippen molar-refractivity contribution >= 4 is 11.7 Å². The number of nitrogens with one attached hydrogen (secondary N) is 1. The van der Waals surface area contributed by atoms with Crippen LogP contribution in [0.25, 0.3) is 0 Å².